The van der Waals surface area contributed by atoms with E-state index < -0.39 is 0 Å². The molecule has 1 heterocycles. The molecule has 4 nitrogen and oxygen atoms in total. The predicted molar refractivity (Wildman–Crippen MR) is 57.4 cm³/mol. The van der Waals surface area contributed by atoms with Crippen molar-refractivity contribution in [2.24, 2.45) is 5.92 Å². The van der Waals surface area contributed by atoms with Crippen LogP contribution < -0.4 is 10.6 Å². The zero-order valence-corrected chi connectivity index (χ0v) is 9.04. The number of nitrogens with one attached hydrogen (secondary N) is 2. The Kier molecular flexibility index (Phi) is 3.59. The lowest BCUT2D eigenvalue weighted by Crippen LogP contribution is -2.43. The number of hydrogen-bond acceptors (Lipinski definition) is 3. The molecular formula is C11H20N2O2. The lowest BCUT2D eigenvalue weighted by molar-refractivity contribution is -0.125. The van der Waals surface area contributed by atoms with Gasteiger partial charge in [0, 0.05) is 12.6 Å². The van der Waals surface area contributed by atoms with Crippen LogP contribution in [0.5, 0.6) is 0 Å². The summed E-state index contributed by atoms with van der Waals surface area (Å²) in [6.07, 6.45) is 4.38. The Labute approximate surface area is 90.4 Å². The molecule has 15 heavy (non-hydrogen) atoms. The summed E-state index contributed by atoms with van der Waals surface area (Å²) in [5, 5.41) is 15.7. The topological polar surface area (TPSA) is 61.4 Å². The third-order valence-corrected chi connectivity index (χ3v) is 3.42. The van der Waals surface area contributed by atoms with Crippen molar-refractivity contribution in [3.05, 3.63) is 0 Å². The summed E-state index contributed by atoms with van der Waals surface area (Å²) in [5.41, 5.74) is 0. The highest BCUT2D eigenvalue weighted by Crippen LogP contribution is 2.19. The molecule has 2 rings (SSSR count). The fourth-order valence-electron chi connectivity index (χ4n) is 2.49. The van der Waals surface area contributed by atoms with Crippen molar-refractivity contribution >= 4 is 5.91 Å². The molecule has 2 unspecified atom stereocenters. The SMILES string of the molecule is O=C(NC1CCCC(O)C1)[C@H]1CCNC1. The Morgan fingerprint density at radius 3 is 2.87 bits per heavy atom. The molecule has 2 aliphatic rings. The van der Waals surface area contributed by atoms with Crippen LogP contribution >= 0.6 is 0 Å². The van der Waals surface area contributed by atoms with E-state index in [4.69, 9.17) is 0 Å². The van der Waals surface area contributed by atoms with Gasteiger partial charge in [0.25, 0.3) is 0 Å². The first-order valence-corrected chi connectivity index (χ1v) is 5.95. The molecule has 0 bridgehead atoms. The second-order valence-corrected chi connectivity index (χ2v) is 4.72. The largest absolute Gasteiger partial charge is 0.393 e. The molecule has 4 heteroatoms. The molecule has 1 aliphatic carbocycles. The smallest absolute Gasteiger partial charge is 0.224 e. The van der Waals surface area contributed by atoms with Crippen molar-refractivity contribution in [3.8, 4) is 0 Å². The van der Waals surface area contributed by atoms with E-state index in [-0.39, 0.29) is 24.0 Å². The highest BCUT2D eigenvalue weighted by Gasteiger charge is 2.26. The van der Waals surface area contributed by atoms with E-state index in [9.17, 15) is 9.90 Å². The summed E-state index contributed by atoms with van der Waals surface area (Å²) in [6.45, 7) is 1.76. The summed E-state index contributed by atoms with van der Waals surface area (Å²) in [7, 11) is 0. The Balaban J connectivity index is 1.77. The van der Waals surface area contributed by atoms with Crippen molar-refractivity contribution in [2.75, 3.05) is 13.1 Å². The second kappa shape index (κ2) is 4.94. The van der Waals surface area contributed by atoms with Crippen LogP contribution in [0, 0.1) is 5.92 Å². The van der Waals surface area contributed by atoms with Crippen LogP contribution in [0.4, 0.5) is 0 Å². The predicted octanol–water partition coefficient (Wildman–Crippen LogP) is 0.0156. The van der Waals surface area contributed by atoms with Gasteiger partial charge in [0.1, 0.15) is 0 Å². The highest BCUT2D eigenvalue weighted by molar-refractivity contribution is 5.79. The first kappa shape index (κ1) is 10.9. The van der Waals surface area contributed by atoms with Gasteiger partial charge in [-0.2, -0.15) is 0 Å². The van der Waals surface area contributed by atoms with Crippen molar-refractivity contribution < 1.29 is 9.90 Å². The van der Waals surface area contributed by atoms with Gasteiger partial charge in [0.2, 0.25) is 5.91 Å². The maximum Gasteiger partial charge on any atom is 0.224 e. The summed E-state index contributed by atoms with van der Waals surface area (Å²) in [5.74, 6) is 0.308. The van der Waals surface area contributed by atoms with Gasteiger partial charge in [-0.15, -0.1) is 0 Å². The van der Waals surface area contributed by atoms with Crippen LogP contribution in [0.3, 0.4) is 0 Å². The van der Waals surface area contributed by atoms with Gasteiger partial charge in [-0.1, -0.05) is 0 Å². The molecule has 1 amide bonds. The molecule has 3 atom stereocenters. The number of hydrogen-bond donors (Lipinski definition) is 3. The van der Waals surface area contributed by atoms with Gasteiger partial charge in [0.15, 0.2) is 0 Å². The summed E-state index contributed by atoms with van der Waals surface area (Å²) >= 11 is 0. The zero-order chi connectivity index (χ0) is 10.7. The second-order valence-electron chi connectivity index (χ2n) is 4.72. The van der Waals surface area contributed by atoms with E-state index in [0.29, 0.717) is 0 Å². The van der Waals surface area contributed by atoms with E-state index in [1.54, 1.807) is 0 Å². The van der Waals surface area contributed by atoms with E-state index in [1.807, 2.05) is 0 Å². The maximum absolute atomic E-state index is 11.8. The zero-order valence-electron chi connectivity index (χ0n) is 9.04. The Bertz CT molecular complexity index is 227. The van der Waals surface area contributed by atoms with Crippen LogP contribution in [-0.2, 0) is 4.79 Å². The minimum Gasteiger partial charge on any atom is -0.393 e. The average molecular weight is 212 g/mol. The van der Waals surface area contributed by atoms with Gasteiger partial charge in [-0.25, -0.2) is 0 Å². The molecular weight excluding hydrogens is 192 g/mol. The van der Waals surface area contributed by atoms with Crippen LogP contribution in [0.2, 0.25) is 0 Å². The normalized spacial score (nSPS) is 36.5. The van der Waals surface area contributed by atoms with Crippen LogP contribution in [0.25, 0.3) is 0 Å². The lowest BCUT2D eigenvalue weighted by Gasteiger charge is -2.27. The molecule has 0 radical (unpaired) electrons. The first-order chi connectivity index (χ1) is 7.25. The number of carbonyl (C=O) groups is 1. The fourth-order valence-corrected chi connectivity index (χ4v) is 2.49. The molecule has 0 aromatic heterocycles. The van der Waals surface area contributed by atoms with Crippen LogP contribution in [-0.4, -0.2) is 36.2 Å². The molecule has 0 aromatic rings. The molecule has 0 spiro atoms. The van der Waals surface area contributed by atoms with Gasteiger partial charge in [-0.3, -0.25) is 4.79 Å². The van der Waals surface area contributed by atoms with Gasteiger partial charge < -0.3 is 15.7 Å². The number of aliphatic hydroxyl groups is 1. The van der Waals surface area contributed by atoms with Crippen LogP contribution in [0.1, 0.15) is 32.1 Å². The molecule has 0 aromatic carbocycles. The number of amides is 1. The van der Waals surface area contributed by atoms with Crippen molar-refractivity contribution in [2.45, 2.75) is 44.2 Å². The quantitative estimate of drug-likeness (QED) is 0.604. The minimum atomic E-state index is -0.217. The third-order valence-electron chi connectivity index (χ3n) is 3.42. The number of aliphatic hydroxyl groups excluding tert-OH is 1. The molecule has 3 N–H and O–H groups in total. The molecule has 1 aliphatic heterocycles. The minimum absolute atomic E-state index is 0.143. The van der Waals surface area contributed by atoms with E-state index in [2.05, 4.69) is 10.6 Å². The molecule has 1 saturated heterocycles. The monoisotopic (exact) mass is 212 g/mol. The highest BCUT2D eigenvalue weighted by atomic mass is 16.3. The van der Waals surface area contributed by atoms with Crippen molar-refractivity contribution in [1.82, 2.24) is 10.6 Å². The third kappa shape index (κ3) is 2.92. The van der Waals surface area contributed by atoms with Crippen molar-refractivity contribution in [3.63, 3.8) is 0 Å². The number of rotatable bonds is 2. The van der Waals surface area contributed by atoms with Crippen molar-refractivity contribution in [1.29, 1.82) is 0 Å². The lowest BCUT2D eigenvalue weighted by atomic mass is 9.92. The van der Waals surface area contributed by atoms with Gasteiger partial charge in [-0.05, 0) is 38.6 Å². The average Bonchev–Trinajstić information content (AvgIpc) is 2.70. The molecule has 2 fully saturated rings. The standard InChI is InChI=1S/C11H20N2O2/c14-10-3-1-2-9(6-10)13-11(15)8-4-5-12-7-8/h8-10,12,14H,1-7H2,(H,13,15)/t8-,9?,10?/m0/s1. The fraction of sp³-hybridized carbons (Fsp3) is 0.909. The number of carbonyl (C=O) groups excluding carboxylic acids is 1. The Morgan fingerprint density at radius 2 is 2.20 bits per heavy atom. The van der Waals surface area contributed by atoms with E-state index in [0.717, 1.165) is 45.2 Å². The summed E-state index contributed by atoms with van der Waals surface area (Å²) < 4.78 is 0. The van der Waals surface area contributed by atoms with E-state index >= 15 is 0 Å². The first-order valence-electron chi connectivity index (χ1n) is 5.95. The molecule has 86 valence electrons. The van der Waals surface area contributed by atoms with Gasteiger partial charge >= 0.3 is 0 Å². The maximum atomic E-state index is 11.8. The summed E-state index contributed by atoms with van der Waals surface area (Å²) in [4.78, 5) is 11.8. The van der Waals surface area contributed by atoms with Crippen LogP contribution in [0.15, 0.2) is 0 Å². The Hall–Kier alpha value is -0.610. The summed E-state index contributed by atoms with van der Waals surface area (Å²) in [6, 6.07) is 0.196. The molecule has 1 saturated carbocycles. The van der Waals surface area contributed by atoms with Gasteiger partial charge in [0.05, 0.1) is 12.0 Å². The Morgan fingerprint density at radius 1 is 1.33 bits per heavy atom. The van der Waals surface area contributed by atoms with E-state index in [1.165, 1.54) is 0 Å².